The van der Waals surface area contributed by atoms with Crippen LogP contribution in [0.4, 0.5) is 0 Å². The highest BCUT2D eigenvalue weighted by molar-refractivity contribution is 7.90. The fraction of sp³-hybridized carbons (Fsp3) is 0.615. The zero-order valence-electron chi connectivity index (χ0n) is 11.1. The molecule has 4 nitrogen and oxygen atoms in total. The molecule has 1 aromatic rings. The van der Waals surface area contributed by atoms with E-state index in [1.807, 2.05) is 12.1 Å². The fourth-order valence-electron chi connectivity index (χ4n) is 2.09. The summed E-state index contributed by atoms with van der Waals surface area (Å²) in [5, 5.41) is 0. The van der Waals surface area contributed by atoms with E-state index in [1.165, 1.54) is 0 Å². The van der Waals surface area contributed by atoms with Crippen LogP contribution in [0.15, 0.2) is 18.3 Å². The molecule has 0 unspecified atom stereocenters. The molecule has 1 aromatic heterocycles. The predicted octanol–water partition coefficient (Wildman–Crippen LogP) is 2.18. The van der Waals surface area contributed by atoms with Gasteiger partial charge >= 0.3 is 0 Å². The first-order chi connectivity index (χ1) is 8.31. The molecule has 0 aromatic carbocycles. The van der Waals surface area contributed by atoms with E-state index in [9.17, 15) is 8.42 Å². The van der Waals surface area contributed by atoms with Gasteiger partial charge in [-0.3, -0.25) is 4.98 Å². The molecule has 0 fully saturated rings. The summed E-state index contributed by atoms with van der Waals surface area (Å²) in [5.41, 5.74) is 2.04. The number of nitrogens with zero attached hydrogens (tertiary/aromatic N) is 1. The van der Waals surface area contributed by atoms with E-state index in [-0.39, 0.29) is 6.04 Å². The lowest BCUT2D eigenvalue weighted by molar-refractivity contribution is 0.486. The Hall–Kier alpha value is -0.940. The topological polar surface area (TPSA) is 59.1 Å². The number of rotatable bonds is 2. The van der Waals surface area contributed by atoms with Crippen molar-refractivity contribution in [1.82, 2.24) is 9.71 Å². The standard InChI is InChI=1S/C13H20N2O2S/c1-13(2,3)18(16,17)15-12-8-4-7-11-10(12)6-5-9-14-11/h5-6,9,12,15H,4,7-8H2,1-3H3/t12-/m0/s1. The first kappa shape index (κ1) is 13.5. The van der Waals surface area contributed by atoms with Crippen LogP contribution in [0.25, 0.3) is 0 Å². The Morgan fingerprint density at radius 1 is 1.39 bits per heavy atom. The molecule has 18 heavy (non-hydrogen) atoms. The van der Waals surface area contributed by atoms with Crippen LogP contribution >= 0.6 is 0 Å². The lowest BCUT2D eigenvalue weighted by Gasteiger charge is -2.29. The molecule has 1 heterocycles. The first-order valence-electron chi connectivity index (χ1n) is 6.27. The Morgan fingerprint density at radius 3 is 2.78 bits per heavy atom. The number of aromatic nitrogens is 1. The summed E-state index contributed by atoms with van der Waals surface area (Å²) in [6.07, 6.45) is 4.51. The lowest BCUT2D eigenvalue weighted by atomic mass is 9.92. The lowest BCUT2D eigenvalue weighted by Crippen LogP contribution is -2.42. The maximum atomic E-state index is 12.2. The van der Waals surface area contributed by atoms with Gasteiger partial charge in [0, 0.05) is 17.9 Å². The van der Waals surface area contributed by atoms with Gasteiger partial charge in [-0.15, -0.1) is 0 Å². The van der Waals surface area contributed by atoms with Crippen molar-refractivity contribution in [3.63, 3.8) is 0 Å². The van der Waals surface area contributed by atoms with Crippen LogP contribution in [0, 0.1) is 0 Å². The van der Waals surface area contributed by atoms with Crippen molar-refractivity contribution in [2.45, 2.75) is 50.8 Å². The van der Waals surface area contributed by atoms with E-state index in [1.54, 1.807) is 27.0 Å². The minimum atomic E-state index is -3.32. The highest BCUT2D eigenvalue weighted by atomic mass is 32.2. The number of pyridine rings is 1. The number of hydrogen-bond donors (Lipinski definition) is 1. The third-order valence-corrected chi connectivity index (χ3v) is 5.52. The van der Waals surface area contributed by atoms with Crippen LogP contribution in [0.1, 0.15) is 50.9 Å². The molecular formula is C13H20N2O2S. The summed E-state index contributed by atoms with van der Waals surface area (Å²) < 4.78 is 26.4. The number of nitrogens with one attached hydrogen (secondary N) is 1. The van der Waals surface area contributed by atoms with Crippen LogP contribution in [0.5, 0.6) is 0 Å². The van der Waals surface area contributed by atoms with Gasteiger partial charge in [0.1, 0.15) is 0 Å². The Labute approximate surface area is 109 Å². The molecule has 0 bridgehead atoms. The third kappa shape index (κ3) is 2.57. The number of sulfonamides is 1. The van der Waals surface area contributed by atoms with E-state index in [0.29, 0.717) is 0 Å². The molecule has 0 spiro atoms. The van der Waals surface area contributed by atoms with E-state index in [0.717, 1.165) is 30.5 Å². The number of aryl methyl sites for hydroxylation is 1. The third-order valence-electron chi connectivity index (χ3n) is 3.31. The van der Waals surface area contributed by atoms with E-state index in [2.05, 4.69) is 9.71 Å². The SMILES string of the molecule is CC(C)(C)S(=O)(=O)N[C@H]1CCCc2ncccc21. The zero-order chi connectivity index (χ0) is 13.4. The molecule has 0 amide bonds. The van der Waals surface area contributed by atoms with Crippen molar-refractivity contribution in [2.24, 2.45) is 0 Å². The zero-order valence-corrected chi connectivity index (χ0v) is 11.9. The summed E-state index contributed by atoms with van der Waals surface area (Å²) >= 11 is 0. The van der Waals surface area contributed by atoms with Crippen molar-refractivity contribution in [3.8, 4) is 0 Å². The highest BCUT2D eigenvalue weighted by Crippen LogP contribution is 2.30. The van der Waals surface area contributed by atoms with Gasteiger partial charge in [-0.2, -0.15) is 0 Å². The molecule has 0 aliphatic heterocycles. The minimum Gasteiger partial charge on any atom is -0.261 e. The maximum absolute atomic E-state index is 12.2. The summed E-state index contributed by atoms with van der Waals surface area (Å²) in [7, 11) is -3.32. The highest BCUT2D eigenvalue weighted by Gasteiger charge is 2.33. The summed E-state index contributed by atoms with van der Waals surface area (Å²) in [4.78, 5) is 4.33. The van der Waals surface area contributed by atoms with Crippen molar-refractivity contribution >= 4 is 10.0 Å². The van der Waals surface area contributed by atoms with Crippen molar-refractivity contribution in [3.05, 3.63) is 29.6 Å². The van der Waals surface area contributed by atoms with Gasteiger partial charge < -0.3 is 0 Å². The van der Waals surface area contributed by atoms with Crippen LogP contribution in [0.3, 0.4) is 0 Å². The largest absolute Gasteiger partial charge is 0.261 e. The van der Waals surface area contributed by atoms with Gasteiger partial charge in [0.2, 0.25) is 10.0 Å². The monoisotopic (exact) mass is 268 g/mol. The Bertz CT molecular complexity index is 532. The van der Waals surface area contributed by atoms with Gasteiger partial charge in [0.25, 0.3) is 0 Å². The van der Waals surface area contributed by atoms with Gasteiger partial charge in [-0.25, -0.2) is 13.1 Å². The van der Waals surface area contributed by atoms with Gasteiger partial charge in [0.15, 0.2) is 0 Å². The Kier molecular flexibility index (Phi) is 3.47. The predicted molar refractivity (Wildman–Crippen MR) is 71.7 cm³/mol. The van der Waals surface area contributed by atoms with Crippen LogP contribution in [-0.4, -0.2) is 18.1 Å². The second kappa shape index (κ2) is 4.63. The fourth-order valence-corrected chi connectivity index (χ4v) is 3.07. The summed E-state index contributed by atoms with van der Waals surface area (Å²) in [6, 6.07) is 3.70. The number of hydrogen-bond acceptors (Lipinski definition) is 3. The van der Waals surface area contributed by atoms with E-state index in [4.69, 9.17) is 0 Å². The summed E-state index contributed by atoms with van der Waals surface area (Å²) in [6.45, 7) is 5.13. The van der Waals surface area contributed by atoms with Crippen molar-refractivity contribution in [1.29, 1.82) is 0 Å². The molecule has 1 aliphatic carbocycles. The summed E-state index contributed by atoms with van der Waals surface area (Å²) in [5.74, 6) is 0. The second-order valence-corrected chi connectivity index (χ2v) is 8.19. The van der Waals surface area contributed by atoms with Gasteiger partial charge in [-0.05, 0) is 51.7 Å². The van der Waals surface area contributed by atoms with Crippen molar-refractivity contribution < 1.29 is 8.42 Å². The quantitative estimate of drug-likeness (QED) is 0.894. The van der Waals surface area contributed by atoms with Crippen LogP contribution in [-0.2, 0) is 16.4 Å². The molecule has 100 valence electrons. The molecule has 0 saturated carbocycles. The molecule has 2 rings (SSSR count). The van der Waals surface area contributed by atoms with Gasteiger partial charge in [-0.1, -0.05) is 6.07 Å². The van der Waals surface area contributed by atoms with Gasteiger partial charge in [0.05, 0.1) is 4.75 Å². The maximum Gasteiger partial charge on any atom is 0.217 e. The molecule has 5 heteroatoms. The smallest absolute Gasteiger partial charge is 0.217 e. The normalized spacial score (nSPS) is 20.5. The Morgan fingerprint density at radius 2 is 2.11 bits per heavy atom. The number of fused-ring (bicyclic) bond motifs is 1. The van der Waals surface area contributed by atoms with Crippen molar-refractivity contribution in [2.75, 3.05) is 0 Å². The molecule has 0 radical (unpaired) electrons. The van der Waals surface area contributed by atoms with E-state index >= 15 is 0 Å². The van der Waals surface area contributed by atoms with Crippen LogP contribution in [0.2, 0.25) is 0 Å². The molecule has 1 atom stereocenters. The van der Waals surface area contributed by atoms with E-state index < -0.39 is 14.8 Å². The molecule has 0 saturated heterocycles. The molecule has 1 aliphatic rings. The average molecular weight is 268 g/mol. The average Bonchev–Trinajstić information content (AvgIpc) is 2.27. The first-order valence-corrected chi connectivity index (χ1v) is 7.75. The van der Waals surface area contributed by atoms with Crippen LogP contribution < -0.4 is 4.72 Å². The minimum absolute atomic E-state index is 0.133. The Balaban J connectivity index is 2.28. The molecule has 1 N–H and O–H groups in total. The second-order valence-electron chi connectivity index (χ2n) is 5.72. The molecular weight excluding hydrogens is 248 g/mol.